The third-order valence-electron chi connectivity index (χ3n) is 3.16. The van der Waals surface area contributed by atoms with Gasteiger partial charge in [-0.2, -0.15) is 0 Å². The van der Waals surface area contributed by atoms with Crippen molar-refractivity contribution in [3.05, 3.63) is 45.5 Å². The Labute approximate surface area is 112 Å². The molecule has 0 aromatic heterocycles. The van der Waals surface area contributed by atoms with E-state index < -0.39 is 0 Å². The highest BCUT2D eigenvalue weighted by molar-refractivity contribution is 6.42. The third-order valence-corrected chi connectivity index (χ3v) is 3.99. The maximum Gasteiger partial charge on any atom is 0.0685 e. The molecule has 1 atom stereocenters. The number of hydrogen-bond donors (Lipinski definition) is 2. The van der Waals surface area contributed by atoms with Gasteiger partial charge in [-0.1, -0.05) is 47.0 Å². The molecule has 1 unspecified atom stereocenters. The molecule has 3 N–H and O–H groups in total. The highest BCUT2D eigenvalue weighted by Crippen LogP contribution is 2.35. The van der Waals surface area contributed by atoms with Gasteiger partial charge in [-0.05, 0) is 37.3 Å². The van der Waals surface area contributed by atoms with Gasteiger partial charge in [0.05, 0.1) is 16.1 Å². The van der Waals surface area contributed by atoms with Crippen LogP contribution >= 0.6 is 23.2 Å². The smallest absolute Gasteiger partial charge is 0.0685 e. The van der Waals surface area contributed by atoms with Gasteiger partial charge in [0.15, 0.2) is 0 Å². The van der Waals surface area contributed by atoms with Crippen LogP contribution < -0.4 is 11.3 Å². The van der Waals surface area contributed by atoms with Crippen LogP contribution in [-0.4, -0.2) is 0 Å². The summed E-state index contributed by atoms with van der Waals surface area (Å²) in [4.78, 5) is 0. The van der Waals surface area contributed by atoms with Crippen molar-refractivity contribution < 1.29 is 0 Å². The van der Waals surface area contributed by atoms with Crippen molar-refractivity contribution in [2.24, 2.45) is 5.84 Å². The molecule has 0 bridgehead atoms. The van der Waals surface area contributed by atoms with E-state index in [1.54, 1.807) is 6.07 Å². The Morgan fingerprint density at radius 1 is 1.24 bits per heavy atom. The Kier molecular flexibility index (Phi) is 4.46. The lowest BCUT2D eigenvalue weighted by atomic mass is 9.90. The molecule has 0 fully saturated rings. The summed E-state index contributed by atoms with van der Waals surface area (Å²) >= 11 is 12.3. The predicted molar refractivity (Wildman–Crippen MR) is 73.1 cm³/mol. The standard InChI is InChI=1S/C13H16Cl2N2/c14-11-8-4-7-10(12(11)15)13(17-16)9-5-2-1-3-6-9/h4-5,7-8,13,17H,1-3,6,16H2. The van der Waals surface area contributed by atoms with Crippen LogP contribution in [0.4, 0.5) is 0 Å². The van der Waals surface area contributed by atoms with Crippen molar-refractivity contribution in [2.75, 3.05) is 0 Å². The Morgan fingerprint density at radius 2 is 2.06 bits per heavy atom. The van der Waals surface area contributed by atoms with Gasteiger partial charge in [-0.3, -0.25) is 5.84 Å². The van der Waals surface area contributed by atoms with Crippen molar-refractivity contribution in [3.8, 4) is 0 Å². The molecule has 4 heteroatoms. The SMILES string of the molecule is NNC(C1=CCCCC1)c1cccc(Cl)c1Cl. The summed E-state index contributed by atoms with van der Waals surface area (Å²) in [6, 6.07) is 5.63. The lowest BCUT2D eigenvalue weighted by molar-refractivity contribution is 0.566. The summed E-state index contributed by atoms with van der Waals surface area (Å²) in [7, 11) is 0. The molecule has 0 saturated heterocycles. The van der Waals surface area contributed by atoms with E-state index in [-0.39, 0.29) is 6.04 Å². The van der Waals surface area contributed by atoms with Gasteiger partial charge in [-0.15, -0.1) is 0 Å². The fourth-order valence-corrected chi connectivity index (χ4v) is 2.68. The quantitative estimate of drug-likeness (QED) is 0.495. The molecule has 1 aromatic rings. The van der Waals surface area contributed by atoms with Gasteiger partial charge >= 0.3 is 0 Å². The topological polar surface area (TPSA) is 38.0 Å². The van der Waals surface area contributed by atoms with Crippen molar-refractivity contribution >= 4 is 23.2 Å². The predicted octanol–water partition coefficient (Wildman–Crippen LogP) is 4.00. The number of nitrogens with two attached hydrogens (primary N) is 1. The van der Waals surface area contributed by atoms with E-state index in [9.17, 15) is 0 Å². The number of allylic oxidation sites excluding steroid dienone is 1. The molecule has 1 aliphatic carbocycles. The van der Waals surface area contributed by atoms with Gasteiger partial charge in [0.25, 0.3) is 0 Å². The van der Waals surface area contributed by atoms with Crippen molar-refractivity contribution in [2.45, 2.75) is 31.7 Å². The molecule has 2 rings (SSSR count). The Hall–Kier alpha value is -0.540. The first kappa shape index (κ1) is 12.9. The number of hydrazine groups is 1. The molecule has 0 radical (unpaired) electrons. The van der Waals surface area contributed by atoms with Crippen LogP contribution in [-0.2, 0) is 0 Å². The second-order valence-electron chi connectivity index (χ2n) is 4.27. The average Bonchev–Trinajstić information content (AvgIpc) is 2.37. The summed E-state index contributed by atoms with van der Waals surface area (Å²) in [6.07, 6.45) is 6.90. The molecule has 2 nitrogen and oxygen atoms in total. The van der Waals surface area contributed by atoms with Crippen molar-refractivity contribution in [1.82, 2.24) is 5.43 Å². The van der Waals surface area contributed by atoms with E-state index in [0.29, 0.717) is 10.0 Å². The Bertz CT molecular complexity index is 429. The molecule has 0 aliphatic heterocycles. The van der Waals surface area contributed by atoms with Gasteiger partial charge in [0, 0.05) is 0 Å². The van der Waals surface area contributed by atoms with E-state index in [1.807, 2.05) is 12.1 Å². The summed E-state index contributed by atoms with van der Waals surface area (Å²) < 4.78 is 0. The summed E-state index contributed by atoms with van der Waals surface area (Å²) in [5, 5.41) is 1.16. The van der Waals surface area contributed by atoms with Crippen molar-refractivity contribution in [1.29, 1.82) is 0 Å². The van der Waals surface area contributed by atoms with E-state index in [1.165, 1.54) is 18.4 Å². The normalized spacial score (nSPS) is 17.7. The van der Waals surface area contributed by atoms with Crippen LogP contribution in [0.5, 0.6) is 0 Å². The molecule has 0 heterocycles. The van der Waals surface area contributed by atoms with Gasteiger partial charge in [-0.25, -0.2) is 5.43 Å². The molecule has 17 heavy (non-hydrogen) atoms. The maximum atomic E-state index is 6.23. The maximum absolute atomic E-state index is 6.23. The van der Waals surface area contributed by atoms with Crippen LogP contribution in [0.25, 0.3) is 0 Å². The number of halogens is 2. The Morgan fingerprint density at radius 3 is 2.71 bits per heavy atom. The van der Waals surface area contributed by atoms with Gasteiger partial charge in [0.1, 0.15) is 0 Å². The zero-order chi connectivity index (χ0) is 12.3. The number of benzene rings is 1. The fourth-order valence-electron chi connectivity index (χ4n) is 2.27. The van der Waals surface area contributed by atoms with E-state index in [2.05, 4.69) is 11.5 Å². The molecule has 0 saturated carbocycles. The molecule has 92 valence electrons. The first-order valence-electron chi connectivity index (χ1n) is 5.83. The van der Waals surface area contributed by atoms with Gasteiger partial charge < -0.3 is 0 Å². The molecule has 1 aliphatic rings. The van der Waals surface area contributed by atoms with E-state index in [4.69, 9.17) is 29.0 Å². The highest BCUT2D eigenvalue weighted by atomic mass is 35.5. The second-order valence-corrected chi connectivity index (χ2v) is 5.05. The molecular formula is C13H16Cl2N2. The molecular weight excluding hydrogens is 255 g/mol. The largest absolute Gasteiger partial charge is 0.271 e. The number of hydrogen-bond acceptors (Lipinski definition) is 2. The monoisotopic (exact) mass is 270 g/mol. The van der Waals surface area contributed by atoms with Crippen LogP contribution in [0.2, 0.25) is 10.0 Å². The van der Waals surface area contributed by atoms with Gasteiger partial charge in [0.2, 0.25) is 0 Å². The Balaban J connectivity index is 2.34. The fraction of sp³-hybridized carbons (Fsp3) is 0.385. The van der Waals surface area contributed by atoms with Crippen molar-refractivity contribution in [3.63, 3.8) is 0 Å². The van der Waals surface area contributed by atoms with Crippen LogP contribution in [0.15, 0.2) is 29.8 Å². The number of nitrogens with one attached hydrogen (secondary N) is 1. The first-order valence-corrected chi connectivity index (χ1v) is 6.58. The van der Waals surface area contributed by atoms with Crippen LogP contribution in [0, 0.1) is 0 Å². The van der Waals surface area contributed by atoms with E-state index >= 15 is 0 Å². The molecule has 0 amide bonds. The summed E-state index contributed by atoms with van der Waals surface area (Å²) in [5.41, 5.74) is 5.11. The second kappa shape index (κ2) is 5.87. The minimum absolute atomic E-state index is 0.0264. The zero-order valence-electron chi connectivity index (χ0n) is 9.55. The highest BCUT2D eigenvalue weighted by Gasteiger charge is 2.20. The number of rotatable bonds is 3. The van der Waals surface area contributed by atoms with Crippen LogP contribution in [0.1, 0.15) is 37.3 Å². The summed E-state index contributed by atoms with van der Waals surface area (Å²) in [5.74, 6) is 5.66. The lowest BCUT2D eigenvalue weighted by Gasteiger charge is -2.24. The average molecular weight is 271 g/mol. The minimum Gasteiger partial charge on any atom is -0.271 e. The first-order chi connectivity index (χ1) is 8.24. The van der Waals surface area contributed by atoms with Crippen LogP contribution in [0.3, 0.4) is 0 Å². The summed E-state index contributed by atoms with van der Waals surface area (Å²) in [6.45, 7) is 0. The lowest BCUT2D eigenvalue weighted by Crippen LogP contribution is -2.30. The minimum atomic E-state index is -0.0264. The third kappa shape index (κ3) is 2.83. The van der Waals surface area contributed by atoms with E-state index in [0.717, 1.165) is 18.4 Å². The molecule has 0 spiro atoms. The molecule has 1 aromatic carbocycles. The zero-order valence-corrected chi connectivity index (χ0v) is 11.1.